The molecule has 4 fully saturated rings. The number of benzene rings is 1. The summed E-state index contributed by atoms with van der Waals surface area (Å²) in [7, 11) is 3.35. The van der Waals surface area contributed by atoms with Crippen LogP contribution in [-0.4, -0.2) is 132 Å². The van der Waals surface area contributed by atoms with E-state index in [0.29, 0.717) is 37.5 Å². The number of aromatic nitrogens is 1. The zero-order valence-electron chi connectivity index (χ0n) is 31.2. The summed E-state index contributed by atoms with van der Waals surface area (Å²) in [6.45, 7) is 8.35. The van der Waals surface area contributed by atoms with Gasteiger partial charge in [0.05, 0.1) is 35.5 Å². The number of fused-ring (bicyclic) bond motifs is 1. The third kappa shape index (κ3) is 8.03. The van der Waals surface area contributed by atoms with Gasteiger partial charge in [0.2, 0.25) is 11.3 Å². The van der Waals surface area contributed by atoms with Gasteiger partial charge in [0.25, 0.3) is 0 Å². The number of hydrogen-bond donors (Lipinski definition) is 4. The highest BCUT2D eigenvalue weighted by molar-refractivity contribution is 7.99. The van der Waals surface area contributed by atoms with Crippen LogP contribution >= 0.6 is 23.4 Å². The lowest BCUT2D eigenvalue weighted by Crippen LogP contribution is -2.65. The number of esters is 1. The van der Waals surface area contributed by atoms with Crippen molar-refractivity contribution in [2.75, 3.05) is 51.5 Å². The van der Waals surface area contributed by atoms with Crippen molar-refractivity contribution in [3.8, 4) is 5.75 Å². The van der Waals surface area contributed by atoms with Crippen molar-refractivity contribution >= 4 is 51.8 Å². The van der Waals surface area contributed by atoms with Gasteiger partial charge < -0.3 is 44.5 Å². The Kier molecular flexibility index (Phi) is 12.5. The maximum atomic E-state index is 16.0. The summed E-state index contributed by atoms with van der Waals surface area (Å²) >= 11 is 7.71. The topological polar surface area (TPSA) is 155 Å². The van der Waals surface area contributed by atoms with Crippen LogP contribution in [0.3, 0.4) is 0 Å². The van der Waals surface area contributed by atoms with Gasteiger partial charge in [-0.2, -0.15) is 0 Å². The molecule has 2 aromatic rings. The van der Waals surface area contributed by atoms with E-state index in [4.69, 9.17) is 25.8 Å². The average molecular weight is 782 g/mol. The van der Waals surface area contributed by atoms with Gasteiger partial charge in [-0.1, -0.05) is 13.3 Å². The zero-order chi connectivity index (χ0) is 38.3. The van der Waals surface area contributed by atoms with Crippen molar-refractivity contribution in [1.29, 1.82) is 0 Å². The number of amides is 1. The normalized spacial score (nSPS) is 30.6. The molecule has 1 aromatic heterocycles. The van der Waals surface area contributed by atoms with E-state index < -0.39 is 58.5 Å². The van der Waals surface area contributed by atoms with Crippen LogP contribution in [0.1, 0.15) is 69.3 Å². The number of aliphatic hydroxyl groups excluding tert-OH is 2. The maximum Gasteiger partial charge on any atom is 0.344 e. The van der Waals surface area contributed by atoms with Gasteiger partial charge in [0.1, 0.15) is 35.0 Å². The molecule has 4 aliphatic rings. The van der Waals surface area contributed by atoms with Gasteiger partial charge in [0, 0.05) is 44.5 Å². The summed E-state index contributed by atoms with van der Waals surface area (Å²) in [5, 5.41) is 28.4. The largest absolute Gasteiger partial charge is 0.492 e. The monoisotopic (exact) mass is 781 g/mol. The summed E-state index contributed by atoms with van der Waals surface area (Å²) < 4.78 is 35.6. The second kappa shape index (κ2) is 16.6. The molecule has 294 valence electrons. The third-order valence-corrected chi connectivity index (χ3v) is 12.2. The van der Waals surface area contributed by atoms with Gasteiger partial charge in [-0.25, -0.2) is 9.18 Å². The van der Waals surface area contributed by atoms with Crippen LogP contribution in [-0.2, 0) is 14.3 Å². The number of likely N-dealkylation sites (N-methyl/N-ethyl adjacent to an activating group) is 1. The van der Waals surface area contributed by atoms with Crippen molar-refractivity contribution in [3.05, 3.63) is 33.9 Å². The van der Waals surface area contributed by atoms with E-state index in [2.05, 4.69) is 17.6 Å². The van der Waals surface area contributed by atoms with Crippen molar-refractivity contribution < 1.29 is 38.4 Å². The van der Waals surface area contributed by atoms with Crippen LogP contribution in [0.25, 0.3) is 10.9 Å². The highest BCUT2D eigenvalue weighted by atomic mass is 35.5. The molecule has 10 atom stereocenters. The number of carbonyl (C=O) groups excluding carboxylic acids is 2. The molecule has 4 N–H and O–H groups in total. The van der Waals surface area contributed by atoms with E-state index in [-0.39, 0.29) is 46.4 Å². The van der Waals surface area contributed by atoms with Crippen molar-refractivity contribution in [2.45, 2.75) is 112 Å². The van der Waals surface area contributed by atoms with Crippen LogP contribution in [0.2, 0.25) is 0 Å². The van der Waals surface area contributed by atoms with Gasteiger partial charge in [-0.05, 0) is 64.8 Å². The fourth-order valence-corrected chi connectivity index (χ4v) is 9.19. The molecule has 0 bridgehead atoms. The number of piperazine rings is 1. The molecule has 1 amide bonds. The van der Waals surface area contributed by atoms with Crippen LogP contribution in [0.4, 0.5) is 10.1 Å². The van der Waals surface area contributed by atoms with Crippen molar-refractivity contribution in [1.82, 2.24) is 20.1 Å². The standard InChI is InChI=1S/C37H53ClFN5O8S/c1-7-8-20-13-25(42(4)16-20)35(48)41-26(19(3)38)32-30(46)31(47)34(37(52-32)53-6)51-36(49)23-17-44(21-9-10-21)27-22(29(23)45)14-24(39)28(33(27)50-5)43-12-11-40-18(2)15-43/h14,17-21,25-26,30-32,34,37,40,46-47H,7-13,15-16H2,1-6H3,(H,41,48)/t18?,19?,20?,25?,26-,30-,31+,32-,34-,37?/m1/s1. The Morgan fingerprint density at radius 1 is 1.25 bits per heavy atom. The van der Waals surface area contributed by atoms with Gasteiger partial charge >= 0.3 is 5.97 Å². The van der Waals surface area contributed by atoms with E-state index >= 15 is 4.39 Å². The number of nitrogens with zero attached hydrogens (tertiary/aromatic N) is 3. The number of halogens is 2. The lowest BCUT2D eigenvalue weighted by atomic mass is 9.92. The molecule has 1 saturated carbocycles. The quantitative estimate of drug-likeness (QED) is 0.185. The number of thioether (sulfide) groups is 1. The molecule has 16 heteroatoms. The summed E-state index contributed by atoms with van der Waals surface area (Å²) in [4.78, 5) is 45.3. The average Bonchev–Trinajstić information content (AvgIpc) is 3.90. The molecule has 1 aliphatic carbocycles. The number of nitrogens with one attached hydrogen (secondary N) is 2. The van der Waals surface area contributed by atoms with Crippen LogP contribution in [0.15, 0.2) is 17.1 Å². The van der Waals surface area contributed by atoms with Crippen LogP contribution in [0.5, 0.6) is 5.75 Å². The predicted octanol–water partition coefficient (Wildman–Crippen LogP) is 2.85. The molecule has 53 heavy (non-hydrogen) atoms. The number of hydrogen-bond acceptors (Lipinski definition) is 12. The van der Waals surface area contributed by atoms with Crippen LogP contribution in [0, 0.1) is 11.7 Å². The molecule has 0 spiro atoms. The Morgan fingerprint density at radius 2 is 1.98 bits per heavy atom. The molecule has 4 heterocycles. The number of rotatable bonds is 12. The Balaban J connectivity index is 1.25. The van der Waals surface area contributed by atoms with Gasteiger partial charge in [-0.15, -0.1) is 23.4 Å². The Bertz CT molecular complexity index is 1730. The minimum atomic E-state index is -1.65. The molecule has 1 aromatic carbocycles. The Morgan fingerprint density at radius 3 is 2.60 bits per heavy atom. The first-order chi connectivity index (χ1) is 25.3. The van der Waals surface area contributed by atoms with Crippen LogP contribution < -0.4 is 25.7 Å². The first-order valence-electron chi connectivity index (χ1n) is 18.6. The molecule has 6 rings (SSSR count). The molecular weight excluding hydrogens is 729 g/mol. The van der Waals surface area contributed by atoms with Gasteiger partial charge in [-0.3, -0.25) is 14.5 Å². The fourth-order valence-electron chi connectivity index (χ4n) is 8.26. The number of methoxy groups -OCH3 is 1. The molecule has 5 unspecified atom stereocenters. The zero-order valence-corrected chi connectivity index (χ0v) is 32.8. The molecule has 0 radical (unpaired) electrons. The minimum absolute atomic E-state index is 0.0294. The number of alkyl halides is 1. The highest BCUT2D eigenvalue weighted by Crippen LogP contribution is 2.44. The number of aliphatic hydroxyl groups is 2. The summed E-state index contributed by atoms with van der Waals surface area (Å²) in [5.41, 5.74) is -1.43. The number of ether oxygens (including phenoxy) is 3. The first-order valence-corrected chi connectivity index (χ1v) is 20.4. The molecule has 3 aliphatic heterocycles. The predicted molar refractivity (Wildman–Crippen MR) is 203 cm³/mol. The molecule has 3 saturated heterocycles. The summed E-state index contributed by atoms with van der Waals surface area (Å²) in [6.07, 6.45) is 1.64. The number of carbonyl (C=O) groups is 2. The fraction of sp³-hybridized carbons (Fsp3) is 0.703. The number of pyridine rings is 1. The Hall–Kier alpha value is -2.66. The van der Waals surface area contributed by atoms with E-state index in [9.17, 15) is 24.6 Å². The first kappa shape index (κ1) is 40.0. The van der Waals surface area contributed by atoms with Crippen molar-refractivity contribution in [2.24, 2.45) is 5.92 Å². The van der Waals surface area contributed by atoms with E-state index in [0.717, 1.165) is 50.1 Å². The van der Waals surface area contributed by atoms with E-state index in [1.54, 1.807) is 17.7 Å². The lowest BCUT2D eigenvalue weighted by molar-refractivity contribution is -0.205. The number of anilines is 1. The summed E-state index contributed by atoms with van der Waals surface area (Å²) in [5.74, 6) is -1.31. The van der Waals surface area contributed by atoms with E-state index in [1.807, 2.05) is 23.8 Å². The van der Waals surface area contributed by atoms with Crippen molar-refractivity contribution in [3.63, 3.8) is 0 Å². The SMILES string of the molecule is CCCC1CC(C(=O)N[C@H](C(C)Cl)[C@H]2OC(SC)[C@H](OC(=O)c3cn(C4CC4)c4c(OC)c(N5CCNC(C)C5)c(F)cc4c3=O)[C@@H](O)[C@H]2O)N(C)C1. The minimum Gasteiger partial charge on any atom is -0.492 e. The lowest BCUT2D eigenvalue weighted by Gasteiger charge is -2.45. The van der Waals surface area contributed by atoms with E-state index in [1.165, 1.54) is 13.3 Å². The second-order valence-electron chi connectivity index (χ2n) is 15.1. The smallest absolute Gasteiger partial charge is 0.344 e. The molecule has 13 nitrogen and oxygen atoms in total. The second-order valence-corrected chi connectivity index (χ2v) is 16.7. The number of likely N-dealkylation sites (tertiary alicyclic amines) is 1. The Labute approximate surface area is 318 Å². The maximum absolute atomic E-state index is 16.0. The summed E-state index contributed by atoms with van der Waals surface area (Å²) in [6, 6.07) is -0.0264. The highest BCUT2D eigenvalue weighted by Gasteiger charge is 2.51. The third-order valence-electron chi connectivity index (χ3n) is 11.1. The van der Waals surface area contributed by atoms with Gasteiger partial charge in [0.15, 0.2) is 17.7 Å². The molecular formula is C37H53ClFN5O8S.